The smallest absolute Gasteiger partial charge is 0.273 e. The maximum absolute atomic E-state index is 12.8. The number of aromatic nitrogens is 1. The van der Waals surface area contributed by atoms with E-state index in [-0.39, 0.29) is 33.9 Å². The topological polar surface area (TPSA) is 106 Å². The first-order valence-electron chi connectivity index (χ1n) is 9.25. The number of rotatable bonds is 4. The van der Waals surface area contributed by atoms with Crippen LogP contribution < -0.4 is 10.6 Å². The highest BCUT2D eigenvalue weighted by Crippen LogP contribution is 2.29. The number of hydrogen-bond donors (Lipinski definition) is 2. The second-order valence-electron chi connectivity index (χ2n) is 6.89. The molecule has 2 aliphatic rings. The Balaban J connectivity index is 1.51. The lowest BCUT2D eigenvalue weighted by Crippen LogP contribution is -2.29. The van der Waals surface area contributed by atoms with Gasteiger partial charge in [0.2, 0.25) is 0 Å². The first-order chi connectivity index (χ1) is 13.5. The monoisotopic (exact) mass is 403 g/mol. The summed E-state index contributed by atoms with van der Waals surface area (Å²) in [5, 5.41) is 5.41. The molecule has 3 heterocycles. The van der Waals surface area contributed by atoms with Crippen LogP contribution in [0.15, 0.2) is 41.4 Å². The summed E-state index contributed by atoms with van der Waals surface area (Å²) in [5.74, 6) is -0.867. The quantitative estimate of drug-likeness (QED) is 0.812. The van der Waals surface area contributed by atoms with Gasteiger partial charge in [-0.15, -0.1) is 0 Å². The molecule has 1 atom stereocenters. The molecule has 4 rings (SSSR count). The molecule has 2 aliphatic heterocycles. The average Bonchev–Trinajstić information content (AvgIpc) is 3.17. The van der Waals surface area contributed by atoms with Crippen molar-refractivity contribution in [2.24, 2.45) is 0 Å². The molecule has 2 aromatic rings. The molecule has 0 saturated carbocycles. The van der Waals surface area contributed by atoms with Gasteiger partial charge in [0.05, 0.1) is 11.8 Å². The van der Waals surface area contributed by atoms with Crippen LogP contribution in [0.1, 0.15) is 46.5 Å². The van der Waals surface area contributed by atoms with Gasteiger partial charge < -0.3 is 15.4 Å². The van der Waals surface area contributed by atoms with E-state index >= 15 is 0 Å². The maximum atomic E-state index is 12.8. The minimum Gasteiger partial charge on any atom is -0.378 e. The van der Waals surface area contributed by atoms with Gasteiger partial charge in [0.15, 0.2) is 0 Å². The Morgan fingerprint density at radius 3 is 2.93 bits per heavy atom. The fourth-order valence-electron chi connectivity index (χ4n) is 3.52. The Bertz CT molecular complexity index is 1020. The van der Waals surface area contributed by atoms with Crippen LogP contribution in [-0.4, -0.2) is 43.5 Å². The van der Waals surface area contributed by atoms with E-state index in [1.807, 2.05) is 0 Å². The molecule has 1 aromatic heterocycles. The van der Waals surface area contributed by atoms with Crippen molar-refractivity contribution in [1.82, 2.24) is 9.29 Å². The van der Waals surface area contributed by atoms with E-state index < -0.39 is 15.9 Å². The summed E-state index contributed by atoms with van der Waals surface area (Å²) in [6.45, 7) is 1.23. The molecule has 0 spiro atoms. The molecule has 1 aromatic carbocycles. The molecule has 1 fully saturated rings. The first kappa shape index (κ1) is 18.7. The lowest BCUT2D eigenvalue weighted by molar-refractivity contribution is 0.0117. The Labute approximate surface area is 162 Å². The van der Waals surface area contributed by atoms with Gasteiger partial charge >= 0.3 is 0 Å². The molecule has 0 unspecified atom stereocenters. The molecule has 2 N–H and O–H groups in total. The largest absolute Gasteiger partial charge is 0.378 e. The predicted octanol–water partition coefficient (Wildman–Crippen LogP) is 1.98. The van der Waals surface area contributed by atoms with Crippen molar-refractivity contribution in [3.63, 3.8) is 0 Å². The maximum Gasteiger partial charge on any atom is 0.273 e. The summed E-state index contributed by atoms with van der Waals surface area (Å²) in [7, 11) is -3.92. The van der Waals surface area contributed by atoms with Crippen LogP contribution in [0.3, 0.4) is 0 Å². The van der Waals surface area contributed by atoms with Crippen molar-refractivity contribution < 1.29 is 22.7 Å². The SMILES string of the molecule is O=C(NCC[C@H]1CCCCO1)c1ccc2c(c1)NC(=O)c1cccn1S2(=O)=O. The number of anilines is 1. The van der Waals surface area contributed by atoms with Crippen LogP contribution in [0.4, 0.5) is 5.69 Å². The van der Waals surface area contributed by atoms with Crippen molar-refractivity contribution in [2.45, 2.75) is 36.7 Å². The van der Waals surface area contributed by atoms with Gasteiger partial charge in [-0.25, -0.2) is 12.4 Å². The molecule has 1 saturated heterocycles. The number of carbonyl (C=O) groups is 2. The van der Waals surface area contributed by atoms with Gasteiger partial charge in [-0.05, 0) is 56.0 Å². The van der Waals surface area contributed by atoms with Crippen LogP contribution in [0.25, 0.3) is 0 Å². The fraction of sp³-hybridized carbons (Fsp3) is 0.368. The second-order valence-corrected chi connectivity index (χ2v) is 8.68. The van der Waals surface area contributed by atoms with Crippen LogP contribution in [-0.2, 0) is 14.8 Å². The zero-order chi connectivity index (χ0) is 19.7. The summed E-state index contributed by atoms with van der Waals surface area (Å²) >= 11 is 0. The lowest BCUT2D eigenvalue weighted by atomic mass is 10.1. The summed E-state index contributed by atoms with van der Waals surface area (Å²) < 4.78 is 32.2. The van der Waals surface area contributed by atoms with Crippen molar-refractivity contribution in [3.8, 4) is 0 Å². The van der Waals surface area contributed by atoms with Gasteiger partial charge in [-0.1, -0.05) is 0 Å². The highest BCUT2D eigenvalue weighted by molar-refractivity contribution is 7.90. The number of nitrogens with one attached hydrogen (secondary N) is 2. The summed E-state index contributed by atoms with van der Waals surface area (Å²) in [5.41, 5.74) is 0.400. The number of hydrogen-bond acceptors (Lipinski definition) is 5. The minimum absolute atomic E-state index is 0.0229. The molecule has 28 heavy (non-hydrogen) atoms. The molecule has 2 amide bonds. The molecule has 0 aliphatic carbocycles. The molecule has 0 bridgehead atoms. The highest BCUT2D eigenvalue weighted by atomic mass is 32.2. The Hall–Kier alpha value is -2.65. The lowest BCUT2D eigenvalue weighted by Gasteiger charge is -2.22. The average molecular weight is 403 g/mol. The van der Waals surface area contributed by atoms with Gasteiger partial charge in [0, 0.05) is 24.9 Å². The number of nitrogens with zero attached hydrogens (tertiary/aromatic N) is 1. The minimum atomic E-state index is -3.92. The molecule has 148 valence electrons. The Kier molecular flexibility index (Phi) is 4.94. The third-order valence-electron chi connectivity index (χ3n) is 5.00. The fourth-order valence-corrected chi connectivity index (χ4v) is 4.99. The van der Waals surface area contributed by atoms with E-state index in [1.165, 1.54) is 36.5 Å². The Morgan fingerprint density at radius 2 is 2.14 bits per heavy atom. The molecule has 0 radical (unpaired) electrons. The van der Waals surface area contributed by atoms with E-state index in [4.69, 9.17) is 4.74 Å². The zero-order valence-electron chi connectivity index (χ0n) is 15.2. The summed E-state index contributed by atoms with van der Waals surface area (Å²) in [6, 6.07) is 7.11. The van der Waals surface area contributed by atoms with E-state index in [2.05, 4.69) is 10.6 Å². The van der Waals surface area contributed by atoms with Crippen molar-refractivity contribution >= 4 is 27.5 Å². The van der Waals surface area contributed by atoms with E-state index in [9.17, 15) is 18.0 Å². The molecule has 8 nitrogen and oxygen atoms in total. The van der Waals surface area contributed by atoms with Crippen molar-refractivity contribution in [2.75, 3.05) is 18.5 Å². The standard InChI is InChI=1S/C19H21N3O5S/c23-18(20-9-8-14-4-1-2-11-27-14)13-6-7-17-15(12-13)21-19(24)16-5-3-10-22(16)28(17,25)26/h3,5-7,10,12,14H,1-2,4,8-9,11H2,(H,20,23)(H,21,24)/t14-/m1/s1. The van der Waals surface area contributed by atoms with Crippen molar-refractivity contribution in [3.05, 3.63) is 47.8 Å². The van der Waals surface area contributed by atoms with Gasteiger partial charge in [-0.3, -0.25) is 9.59 Å². The van der Waals surface area contributed by atoms with E-state index in [1.54, 1.807) is 0 Å². The van der Waals surface area contributed by atoms with Crippen molar-refractivity contribution in [1.29, 1.82) is 0 Å². The second kappa shape index (κ2) is 7.40. The number of carbonyl (C=O) groups excluding carboxylic acids is 2. The number of benzene rings is 1. The third-order valence-corrected chi connectivity index (χ3v) is 6.75. The van der Waals surface area contributed by atoms with Crippen LogP contribution in [0.5, 0.6) is 0 Å². The summed E-state index contributed by atoms with van der Waals surface area (Å²) in [4.78, 5) is 24.7. The van der Waals surface area contributed by atoms with Gasteiger partial charge in [0.1, 0.15) is 10.6 Å². The predicted molar refractivity (Wildman–Crippen MR) is 102 cm³/mol. The normalized spacial score (nSPS) is 20.4. The first-order valence-corrected chi connectivity index (χ1v) is 10.7. The molecular weight excluding hydrogens is 382 g/mol. The Morgan fingerprint density at radius 1 is 1.29 bits per heavy atom. The molecule has 9 heteroatoms. The summed E-state index contributed by atoms with van der Waals surface area (Å²) in [6.07, 6.45) is 5.45. The van der Waals surface area contributed by atoms with Crippen LogP contribution in [0, 0.1) is 0 Å². The number of ether oxygens (including phenoxy) is 1. The number of amides is 2. The van der Waals surface area contributed by atoms with Crippen LogP contribution >= 0.6 is 0 Å². The van der Waals surface area contributed by atoms with Gasteiger partial charge in [0.25, 0.3) is 21.8 Å². The number of fused-ring (bicyclic) bond motifs is 2. The van der Waals surface area contributed by atoms with Crippen LogP contribution in [0.2, 0.25) is 0 Å². The van der Waals surface area contributed by atoms with E-state index in [0.29, 0.717) is 6.54 Å². The third kappa shape index (κ3) is 3.43. The molecular formula is C19H21N3O5S. The highest BCUT2D eigenvalue weighted by Gasteiger charge is 2.30. The van der Waals surface area contributed by atoms with Gasteiger partial charge in [-0.2, -0.15) is 0 Å². The van der Waals surface area contributed by atoms with E-state index in [0.717, 1.165) is 36.3 Å². The zero-order valence-corrected chi connectivity index (χ0v) is 16.0.